The first kappa shape index (κ1) is 16.8. The van der Waals surface area contributed by atoms with Gasteiger partial charge in [-0.15, -0.1) is 10.2 Å². The second-order valence-electron chi connectivity index (χ2n) is 6.05. The first-order valence-corrected chi connectivity index (χ1v) is 8.49. The lowest BCUT2D eigenvalue weighted by Gasteiger charge is -2.08. The molecular formula is C21H17N3O3. The third-order valence-electron chi connectivity index (χ3n) is 4.03. The summed E-state index contributed by atoms with van der Waals surface area (Å²) < 4.78 is 11.0. The Balaban J connectivity index is 1.36. The lowest BCUT2D eigenvalue weighted by molar-refractivity contribution is -0.118. The zero-order valence-electron chi connectivity index (χ0n) is 14.7. The van der Waals surface area contributed by atoms with E-state index in [0.29, 0.717) is 23.2 Å². The quantitative estimate of drug-likeness (QED) is 0.577. The fourth-order valence-electron chi connectivity index (χ4n) is 2.71. The van der Waals surface area contributed by atoms with Crippen LogP contribution in [0.3, 0.4) is 0 Å². The molecule has 1 amide bonds. The summed E-state index contributed by atoms with van der Waals surface area (Å²) in [6.07, 6.45) is 0. The number of nitrogens with one attached hydrogen (secondary N) is 1. The molecule has 0 aliphatic carbocycles. The van der Waals surface area contributed by atoms with Crippen LogP contribution in [0.25, 0.3) is 22.2 Å². The summed E-state index contributed by atoms with van der Waals surface area (Å²) in [5, 5.41) is 12.8. The van der Waals surface area contributed by atoms with Gasteiger partial charge in [-0.2, -0.15) is 0 Å². The summed E-state index contributed by atoms with van der Waals surface area (Å²) in [5.41, 5.74) is 1.46. The fourth-order valence-corrected chi connectivity index (χ4v) is 2.71. The van der Waals surface area contributed by atoms with Crippen LogP contribution in [0.1, 0.15) is 5.89 Å². The van der Waals surface area contributed by atoms with Crippen molar-refractivity contribution in [3.63, 3.8) is 0 Å². The molecule has 0 spiro atoms. The summed E-state index contributed by atoms with van der Waals surface area (Å²) in [6.45, 7) is 1.67. The van der Waals surface area contributed by atoms with Gasteiger partial charge in [0.1, 0.15) is 5.75 Å². The average Bonchev–Trinajstić information content (AvgIpc) is 3.13. The number of fused-ring (bicyclic) bond motifs is 1. The molecule has 0 saturated heterocycles. The van der Waals surface area contributed by atoms with Crippen molar-refractivity contribution in [2.24, 2.45) is 0 Å². The molecule has 3 aromatic carbocycles. The Kier molecular flexibility index (Phi) is 4.53. The van der Waals surface area contributed by atoms with Gasteiger partial charge in [0.15, 0.2) is 6.61 Å². The third kappa shape index (κ3) is 3.95. The van der Waals surface area contributed by atoms with Crippen LogP contribution in [-0.4, -0.2) is 22.7 Å². The fraction of sp³-hybridized carbons (Fsp3) is 0.0952. The minimum absolute atomic E-state index is 0.0665. The minimum atomic E-state index is -0.232. The highest BCUT2D eigenvalue weighted by molar-refractivity contribution is 5.92. The number of aromatic nitrogens is 2. The van der Waals surface area contributed by atoms with E-state index in [1.165, 1.54) is 0 Å². The molecule has 0 aliphatic heterocycles. The SMILES string of the molecule is Cc1nnc(-c2ccc(NC(=O)COc3ccc4ccccc4c3)cc2)o1. The standard InChI is InChI=1S/C21H17N3O3/c1-14-23-24-21(27-14)16-6-9-18(10-7-16)22-20(25)13-26-19-11-8-15-4-2-3-5-17(15)12-19/h2-12H,13H2,1H3,(H,22,25). The van der Waals surface area contributed by atoms with Gasteiger partial charge in [-0.3, -0.25) is 4.79 Å². The van der Waals surface area contributed by atoms with E-state index in [0.717, 1.165) is 16.3 Å². The summed E-state index contributed by atoms with van der Waals surface area (Å²) in [7, 11) is 0. The Bertz CT molecular complexity index is 1090. The number of anilines is 1. The molecule has 4 rings (SSSR count). The van der Waals surface area contributed by atoms with E-state index in [1.54, 1.807) is 19.1 Å². The lowest BCUT2D eigenvalue weighted by atomic mass is 10.1. The summed E-state index contributed by atoms with van der Waals surface area (Å²) in [6, 6.07) is 20.9. The maximum absolute atomic E-state index is 12.1. The number of ether oxygens (including phenoxy) is 1. The molecule has 1 aromatic heterocycles. The van der Waals surface area contributed by atoms with Crippen molar-refractivity contribution in [1.82, 2.24) is 10.2 Å². The molecule has 0 radical (unpaired) electrons. The van der Waals surface area contributed by atoms with Gasteiger partial charge in [-0.1, -0.05) is 30.3 Å². The first-order valence-electron chi connectivity index (χ1n) is 8.49. The number of nitrogens with zero attached hydrogens (tertiary/aromatic N) is 2. The van der Waals surface area contributed by atoms with E-state index in [9.17, 15) is 4.79 Å². The van der Waals surface area contributed by atoms with Crippen molar-refractivity contribution < 1.29 is 13.9 Å². The molecular weight excluding hydrogens is 342 g/mol. The van der Waals surface area contributed by atoms with Crippen LogP contribution in [0.5, 0.6) is 5.75 Å². The van der Waals surface area contributed by atoms with Crippen LogP contribution in [0.2, 0.25) is 0 Å². The van der Waals surface area contributed by atoms with Gasteiger partial charge in [0.25, 0.3) is 5.91 Å². The maximum atomic E-state index is 12.1. The number of rotatable bonds is 5. The second kappa shape index (κ2) is 7.29. The summed E-state index contributed by atoms with van der Waals surface area (Å²) in [4.78, 5) is 12.1. The molecule has 0 atom stereocenters. The topological polar surface area (TPSA) is 77.2 Å². The van der Waals surface area contributed by atoms with E-state index < -0.39 is 0 Å². The number of amides is 1. The van der Waals surface area contributed by atoms with Crippen LogP contribution in [0.15, 0.2) is 71.1 Å². The van der Waals surface area contributed by atoms with Gasteiger partial charge < -0.3 is 14.5 Å². The highest BCUT2D eigenvalue weighted by Crippen LogP contribution is 2.21. The molecule has 6 nitrogen and oxygen atoms in total. The highest BCUT2D eigenvalue weighted by atomic mass is 16.5. The van der Waals surface area contributed by atoms with Gasteiger partial charge in [0, 0.05) is 18.2 Å². The third-order valence-corrected chi connectivity index (χ3v) is 4.03. The van der Waals surface area contributed by atoms with Crippen LogP contribution >= 0.6 is 0 Å². The van der Waals surface area contributed by atoms with Crippen LogP contribution < -0.4 is 10.1 Å². The smallest absolute Gasteiger partial charge is 0.262 e. The van der Waals surface area contributed by atoms with Gasteiger partial charge in [0.2, 0.25) is 11.8 Å². The van der Waals surface area contributed by atoms with Crippen LogP contribution in [-0.2, 0) is 4.79 Å². The van der Waals surface area contributed by atoms with Gasteiger partial charge >= 0.3 is 0 Å². The Morgan fingerprint density at radius 2 is 1.78 bits per heavy atom. The number of aryl methyl sites for hydroxylation is 1. The number of carbonyl (C=O) groups excluding carboxylic acids is 1. The number of hydrogen-bond donors (Lipinski definition) is 1. The number of carbonyl (C=O) groups is 1. The Morgan fingerprint density at radius 3 is 2.52 bits per heavy atom. The zero-order chi connectivity index (χ0) is 18.6. The predicted molar refractivity (Wildman–Crippen MR) is 103 cm³/mol. The van der Waals surface area contributed by atoms with Crippen molar-refractivity contribution in [3.05, 3.63) is 72.6 Å². The Labute approximate surface area is 155 Å². The highest BCUT2D eigenvalue weighted by Gasteiger charge is 2.08. The number of benzene rings is 3. The van der Waals surface area contributed by atoms with E-state index in [4.69, 9.17) is 9.15 Å². The average molecular weight is 359 g/mol. The van der Waals surface area contributed by atoms with Gasteiger partial charge in [0.05, 0.1) is 0 Å². The molecule has 134 valence electrons. The molecule has 6 heteroatoms. The van der Waals surface area contributed by atoms with Crippen molar-refractivity contribution >= 4 is 22.4 Å². The van der Waals surface area contributed by atoms with Gasteiger partial charge in [-0.25, -0.2) is 0 Å². The molecule has 0 saturated carbocycles. The first-order chi connectivity index (χ1) is 13.2. The van der Waals surface area contributed by atoms with Crippen molar-refractivity contribution in [2.75, 3.05) is 11.9 Å². The van der Waals surface area contributed by atoms with Crippen molar-refractivity contribution in [2.45, 2.75) is 6.92 Å². The predicted octanol–water partition coefficient (Wildman–Crippen LogP) is 4.22. The maximum Gasteiger partial charge on any atom is 0.262 e. The molecule has 0 aliphatic rings. The minimum Gasteiger partial charge on any atom is -0.484 e. The van der Waals surface area contributed by atoms with Crippen molar-refractivity contribution in [1.29, 1.82) is 0 Å². The summed E-state index contributed by atoms with van der Waals surface area (Å²) in [5.74, 6) is 1.38. The molecule has 27 heavy (non-hydrogen) atoms. The summed E-state index contributed by atoms with van der Waals surface area (Å²) >= 11 is 0. The van der Waals surface area contributed by atoms with Crippen LogP contribution in [0.4, 0.5) is 5.69 Å². The number of hydrogen-bond acceptors (Lipinski definition) is 5. The van der Waals surface area contributed by atoms with E-state index in [2.05, 4.69) is 15.5 Å². The van der Waals surface area contributed by atoms with Crippen LogP contribution in [0, 0.1) is 6.92 Å². The normalized spacial score (nSPS) is 10.7. The zero-order valence-corrected chi connectivity index (χ0v) is 14.7. The molecule has 0 fully saturated rings. The monoisotopic (exact) mass is 359 g/mol. The second-order valence-corrected chi connectivity index (χ2v) is 6.05. The molecule has 1 heterocycles. The van der Waals surface area contributed by atoms with Gasteiger partial charge in [-0.05, 0) is 47.2 Å². The molecule has 0 bridgehead atoms. The van der Waals surface area contributed by atoms with E-state index in [-0.39, 0.29) is 12.5 Å². The molecule has 4 aromatic rings. The molecule has 1 N–H and O–H groups in total. The molecule has 0 unspecified atom stereocenters. The van der Waals surface area contributed by atoms with E-state index >= 15 is 0 Å². The Morgan fingerprint density at radius 1 is 1.00 bits per heavy atom. The Hall–Kier alpha value is -3.67. The largest absolute Gasteiger partial charge is 0.484 e. The van der Waals surface area contributed by atoms with E-state index in [1.807, 2.05) is 54.6 Å². The van der Waals surface area contributed by atoms with Crippen molar-refractivity contribution in [3.8, 4) is 17.2 Å². The lowest BCUT2D eigenvalue weighted by Crippen LogP contribution is -2.20.